The van der Waals surface area contributed by atoms with Crippen molar-refractivity contribution >= 4 is 22.5 Å². The van der Waals surface area contributed by atoms with Crippen LogP contribution in [0.3, 0.4) is 0 Å². The van der Waals surface area contributed by atoms with Gasteiger partial charge in [0.15, 0.2) is 0 Å². The zero-order valence-electron chi connectivity index (χ0n) is 14.7. The molecule has 5 rings (SSSR count). The number of carbonyl (C=O) groups is 1. The minimum atomic E-state index is 0.140. The first kappa shape index (κ1) is 14.8. The van der Waals surface area contributed by atoms with Gasteiger partial charge in [0.25, 0.3) is 5.91 Å². The lowest BCUT2D eigenvalue weighted by Crippen LogP contribution is -2.22. The van der Waals surface area contributed by atoms with Crippen molar-refractivity contribution < 1.29 is 4.79 Å². The third kappa shape index (κ3) is 2.22. The van der Waals surface area contributed by atoms with E-state index in [2.05, 4.69) is 60.2 Å². The van der Waals surface area contributed by atoms with Crippen LogP contribution in [-0.2, 0) is 13.6 Å². The second kappa shape index (κ2) is 5.22. The van der Waals surface area contributed by atoms with Crippen LogP contribution in [0.25, 0.3) is 10.9 Å². The Hall–Kier alpha value is -2.55. The number of amides is 1. The van der Waals surface area contributed by atoms with E-state index in [1.165, 1.54) is 29.3 Å². The van der Waals surface area contributed by atoms with Gasteiger partial charge in [-0.15, -0.1) is 0 Å². The molecule has 1 amide bonds. The predicted octanol–water partition coefficient (Wildman–Crippen LogP) is 4.85. The molecule has 1 aliphatic carbocycles. The molecule has 1 fully saturated rings. The lowest BCUT2D eigenvalue weighted by Gasteiger charge is -2.16. The van der Waals surface area contributed by atoms with Crippen LogP contribution in [0.5, 0.6) is 0 Å². The predicted molar refractivity (Wildman–Crippen MR) is 101 cm³/mol. The molecule has 3 aromatic rings. The molecule has 126 valence electrons. The number of carbonyl (C=O) groups excluding carboxylic acids is 1. The molecule has 0 bridgehead atoms. The van der Waals surface area contributed by atoms with Crippen molar-refractivity contribution in [1.29, 1.82) is 0 Å². The van der Waals surface area contributed by atoms with Gasteiger partial charge in [-0.2, -0.15) is 0 Å². The summed E-state index contributed by atoms with van der Waals surface area (Å²) in [6, 6.07) is 14.9. The number of fused-ring (bicyclic) bond motifs is 2. The zero-order chi connectivity index (χ0) is 17.1. The van der Waals surface area contributed by atoms with Gasteiger partial charge in [-0.05, 0) is 59.7 Å². The van der Waals surface area contributed by atoms with E-state index in [0.717, 1.165) is 22.7 Å². The van der Waals surface area contributed by atoms with Crippen LogP contribution in [0.4, 0.5) is 5.69 Å². The zero-order valence-corrected chi connectivity index (χ0v) is 14.7. The summed E-state index contributed by atoms with van der Waals surface area (Å²) in [4.78, 5) is 14.9. The number of aromatic nitrogens is 1. The summed E-state index contributed by atoms with van der Waals surface area (Å²) in [5.41, 5.74) is 5.57. The van der Waals surface area contributed by atoms with Crippen LogP contribution in [0.1, 0.15) is 47.2 Å². The molecule has 1 aliphatic heterocycles. The molecule has 2 aromatic carbocycles. The Kier molecular flexibility index (Phi) is 3.08. The van der Waals surface area contributed by atoms with Gasteiger partial charge in [0.1, 0.15) is 0 Å². The quantitative estimate of drug-likeness (QED) is 0.674. The lowest BCUT2D eigenvalue weighted by atomic mass is 10.0. The molecule has 0 radical (unpaired) electrons. The van der Waals surface area contributed by atoms with E-state index in [-0.39, 0.29) is 5.91 Å². The Balaban J connectivity index is 1.48. The molecule has 0 saturated heterocycles. The fourth-order valence-electron chi connectivity index (χ4n) is 4.30. The van der Waals surface area contributed by atoms with Crippen LogP contribution in [-0.4, -0.2) is 10.5 Å². The minimum Gasteiger partial charge on any atom is -0.351 e. The first-order valence-corrected chi connectivity index (χ1v) is 9.15. The molecular weight excluding hydrogens is 308 g/mol. The summed E-state index contributed by atoms with van der Waals surface area (Å²) in [5.74, 6) is 1.62. The Bertz CT molecular complexity index is 1000. The summed E-state index contributed by atoms with van der Waals surface area (Å²) in [5, 5.41) is 1.17. The molecular formula is C22H22N2O. The van der Waals surface area contributed by atoms with Crippen LogP contribution in [0.15, 0.2) is 48.7 Å². The van der Waals surface area contributed by atoms with Gasteiger partial charge in [0.05, 0.1) is 6.54 Å². The SMILES string of the molecule is CCC1C[C@H]1c1ccc2c(c1)C(=O)N(c1ccc3c(ccn3C)c1)C2. The van der Waals surface area contributed by atoms with Crippen molar-refractivity contribution in [2.75, 3.05) is 4.90 Å². The third-order valence-corrected chi connectivity index (χ3v) is 5.99. The van der Waals surface area contributed by atoms with E-state index in [0.29, 0.717) is 12.5 Å². The van der Waals surface area contributed by atoms with Crippen molar-refractivity contribution in [3.05, 3.63) is 65.4 Å². The molecule has 25 heavy (non-hydrogen) atoms. The van der Waals surface area contributed by atoms with Gasteiger partial charge in [-0.3, -0.25) is 4.79 Å². The highest BCUT2D eigenvalue weighted by atomic mass is 16.2. The number of nitrogens with zero attached hydrogens (tertiary/aromatic N) is 2. The van der Waals surface area contributed by atoms with Gasteiger partial charge in [-0.1, -0.05) is 25.5 Å². The summed E-state index contributed by atoms with van der Waals surface area (Å²) in [6.45, 7) is 2.93. The lowest BCUT2D eigenvalue weighted by molar-refractivity contribution is 0.0996. The number of anilines is 1. The number of rotatable bonds is 3. The van der Waals surface area contributed by atoms with Crippen LogP contribution >= 0.6 is 0 Å². The van der Waals surface area contributed by atoms with Crippen molar-refractivity contribution in [2.45, 2.75) is 32.2 Å². The molecule has 2 aliphatic rings. The first-order valence-electron chi connectivity index (χ1n) is 9.15. The van der Waals surface area contributed by atoms with E-state index < -0.39 is 0 Å². The van der Waals surface area contributed by atoms with Crippen molar-refractivity contribution in [3.63, 3.8) is 0 Å². The van der Waals surface area contributed by atoms with Crippen molar-refractivity contribution in [1.82, 2.24) is 4.57 Å². The summed E-state index contributed by atoms with van der Waals surface area (Å²) >= 11 is 0. The van der Waals surface area contributed by atoms with Gasteiger partial charge >= 0.3 is 0 Å². The molecule has 3 nitrogen and oxygen atoms in total. The average molecular weight is 330 g/mol. The van der Waals surface area contributed by atoms with Crippen molar-refractivity contribution in [2.24, 2.45) is 13.0 Å². The number of aryl methyl sites for hydroxylation is 1. The van der Waals surface area contributed by atoms with E-state index in [9.17, 15) is 4.79 Å². The molecule has 3 heteroatoms. The fourth-order valence-corrected chi connectivity index (χ4v) is 4.30. The fraction of sp³-hybridized carbons (Fsp3) is 0.318. The van der Waals surface area contributed by atoms with Gasteiger partial charge in [-0.25, -0.2) is 0 Å². The van der Waals surface area contributed by atoms with Crippen LogP contribution in [0.2, 0.25) is 0 Å². The van der Waals surface area contributed by atoms with E-state index in [1.54, 1.807) is 0 Å². The van der Waals surface area contributed by atoms with E-state index in [1.807, 2.05) is 11.9 Å². The van der Waals surface area contributed by atoms with Gasteiger partial charge in [0.2, 0.25) is 0 Å². The molecule has 2 atom stereocenters. The topological polar surface area (TPSA) is 25.2 Å². The Morgan fingerprint density at radius 1 is 1.12 bits per heavy atom. The maximum atomic E-state index is 13.0. The Labute approximate surface area is 147 Å². The largest absolute Gasteiger partial charge is 0.351 e. The Morgan fingerprint density at radius 3 is 2.80 bits per heavy atom. The first-order chi connectivity index (χ1) is 12.2. The monoisotopic (exact) mass is 330 g/mol. The maximum absolute atomic E-state index is 13.0. The summed E-state index contributed by atoms with van der Waals surface area (Å²) in [6.07, 6.45) is 4.57. The third-order valence-electron chi connectivity index (χ3n) is 5.99. The Morgan fingerprint density at radius 2 is 2.00 bits per heavy atom. The summed E-state index contributed by atoms with van der Waals surface area (Å²) in [7, 11) is 2.04. The summed E-state index contributed by atoms with van der Waals surface area (Å²) < 4.78 is 2.10. The van der Waals surface area contributed by atoms with E-state index >= 15 is 0 Å². The average Bonchev–Trinajstić information content (AvgIpc) is 3.25. The highest BCUT2D eigenvalue weighted by molar-refractivity contribution is 6.10. The molecule has 2 heterocycles. The van der Waals surface area contributed by atoms with E-state index in [4.69, 9.17) is 0 Å². The van der Waals surface area contributed by atoms with Gasteiger partial charge < -0.3 is 9.47 Å². The van der Waals surface area contributed by atoms with Crippen LogP contribution < -0.4 is 4.90 Å². The number of benzene rings is 2. The highest BCUT2D eigenvalue weighted by Crippen LogP contribution is 2.50. The molecule has 1 saturated carbocycles. The van der Waals surface area contributed by atoms with Crippen LogP contribution in [0, 0.1) is 5.92 Å². The molecule has 1 aromatic heterocycles. The standard InChI is InChI=1S/C22H22N2O/c1-3-14-11-19(14)15-4-5-17-13-24(22(25)20(17)12-15)18-6-7-21-16(10-18)8-9-23(21)2/h4-10,12,14,19H,3,11,13H2,1-2H3/t14?,19-/m1/s1. The maximum Gasteiger partial charge on any atom is 0.258 e. The normalized spacial score (nSPS) is 21.8. The number of hydrogen-bond acceptors (Lipinski definition) is 1. The smallest absolute Gasteiger partial charge is 0.258 e. The minimum absolute atomic E-state index is 0.140. The molecule has 0 N–H and O–H groups in total. The highest BCUT2D eigenvalue weighted by Gasteiger charge is 2.38. The second-order valence-corrected chi connectivity index (χ2v) is 7.49. The molecule has 1 unspecified atom stereocenters. The molecule has 0 spiro atoms. The van der Waals surface area contributed by atoms with Gasteiger partial charge in [0, 0.05) is 35.4 Å². The number of hydrogen-bond donors (Lipinski definition) is 0. The second-order valence-electron chi connectivity index (χ2n) is 7.49. The van der Waals surface area contributed by atoms with Crippen molar-refractivity contribution in [3.8, 4) is 0 Å².